The summed E-state index contributed by atoms with van der Waals surface area (Å²) in [6, 6.07) is 0. The van der Waals surface area contributed by atoms with Crippen LogP contribution in [0.2, 0.25) is 0 Å². The molecule has 6 nitrogen and oxygen atoms in total. The molecule has 30 heavy (non-hydrogen) atoms. The summed E-state index contributed by atoms with van der Waals surface area (Å²) in [5, 5.41) is 13.2. The first kappa shape index (κ1) is 23.8. The minimum absolute atomic E-state index is 0.0840. The zero-order chi connectivity index (χ0) is 22.7. The van der Waals surface area contributed by atoms with Crippen molar-refractivity contribution in [2.45, 2.75) is 66.3 Å². The van der Waals surface area contributed by atoms with Gasteiger partial charge in [0.05, 0.1) is 5.57 Å². The van der Waals surface area contributed by atoms with Crippen LogP contribution in [0, 0.1) is 20.8 Å². The van der Waals surface area contributed by atoms with Crippen molar-refractivity contribution in [2.24, 2.45) is 0 Å². The predicted octanol–water partition coefficient (Wildman–Crippen LogP) is 3.91. The van der Waals surface area contributed by atoms with Crippen molar-refractivity contribution in [1.82, 2.24) is 5.32 Å². The first-order valence-corrected chi connectivity index (χ1v) is 10.5. The fourth-order valence-corrected chi connectivity index (χ4v) is 4.62. The summed E-state index contributed by atoms with van der Waals surface area (Å²) in [6.45, 7) is 8.90. The van der Waals surface area contributed by atoms with E-state index in [9.17, 15) is 24.3 Å². The van der Waals surface area contributed by atoms with Crippen LogP contribution >= 0.6 is 11.6 Å². The van der Waals surface area contributed by atoms with Crippen LogP contribution in [0.5, 0.6) is 0 Å². The molecule has 1 amide bonds. The van der Waals surface area contributed by atoms with Gasteiger partial charge >= 0.3 is 0 Å². The van der Waals surface area contributed by atoms with E-state index >= 15 is 0 Å². The van der Waals surface area contributed by atoms with Gasteiger partial charge in [-0.3, -0.25) is 19.2 Å². The number of hydrogen-bond acceptors (Lipinski definition) is 5. The lowest BCUT2D eigenvalue weighted by Crippen LogP contribution is -2.27. The Morgan fingerprint density at radius 1 is 1.10 bits per heavy atom. The molecule has 162 valence electrons. The molecule has 0 aromatic heterocycles. The van der Waals surface area contributed by atoms with Crippen LogP contribution in [0.1, 0.15) is 77.2 Å². The largest absolute Gasteiger partial charge is 0.511 e. The highest BCUT2D eigenvalue weighted by molar-refractivity contribution is 6.27. The third-order valence-corrected chi connectivity index (χ3v) is 6.09. The second-order valence-electron chi connectivity index (χ2n) is 7.74. The summed E-state index contributed by atoms with van der Waals surface area (Å²) in [5.74, 6) is -1.88. The smallest absolute Gasteiger partial charge is 0.235 e. The van der Waals surface area contributed by atoms with Crippen molar-refractivity contribution in [3.63, 3.8) is 0 Å². The highest BCUT2D eigenvalue weighted by Crippen LogP contribution is 2.40. The van der Waals surface area contributed by atoms with Crippen molar-refractivity contribution in [1.29, 1.82) is 0 Å². The number of nitrogens with one attached hydrogen (secondary N) is 1. The van der Waals surface area contributed by atoms with Gasteiger partial charge in [-0.15, -0.1) is 11.6 Å². The summed E-state index contributed by atoms with van der Waals surface area (Å²) < 4.78 is 0. The molecule has 0 saturated carbocycles. The van der Waals surface area contributed by atoms with Gasteiger partial charge in [-0.05, 0) is 61.4 Å². The topological polar surface area (TPSA) is 101 Å². The number of carbonyl (C=O) groups excluding carboxylic acids is 4. The zero-order valence-corrected chi connectivity index (χ0v) is 18.8. The van der Waals surface area contributed by atoms with E-state index < -0.39 is 0 Å². The fraction of sp³-hybridized carbons (Fsp3) is 0.478. The summed E-state index contributed by atoms with van der Waals surface area (Å²) in [5.41, 5.74) is 4.46. The molecule has 0 radical (unpaired) electrons. The van der Waals surface area contributed by atoms with Crippen LogP contribution in [0.15, 0.2) is 11.3 Å². The fourth-order valence-electron chi connectivity index (χ4n) is 4.52. The molecule has 1 aliphatic carbocycles. The molecule has 0 fully saturated rings. The Labute approximate surface area is 181 Å². The van der Waals surface area contributed by atoms with E-state index in [0.29, 0.717) is 5.56 Å². The van der Waals surface area contributed by atoms with E-state index in [4.69, 9.17) is 11.6 Å². The highest BCUT2D eigenvalue weighted by atomic mass is 35.5. The molecule has 0 aliphatic heterocycles. The number of alkyl halides is 1. The Hall–Kier alpha value is -2.47. The molecule has 1 aromatic rings. The van der Waals surface area contributed by atoms with Crippen LogP contribution in [0.3, 0.4) is 0 Å². The molecule has 1 unspecified atom stereocenters. The Morgan fingerprint density at radius 3 is 2.23 bits per heavy atom. The summed E-state index contributed by atoms with van der Waals surface area (Å²) >= 11 is 5.58. The Kier molecular flexibility index (Phi) is 7.59. The highest BCUT2D eigenvalue weighted by Gasteiger charge is 2.34. The average Bonchev–Trinajstić information content (AvgIpc) is 2.66. The van der Waals surface area contributed by atoms with Crippen molar-refractivity contribution in [2.75, 3.05) is 5.88 Å². The lowest BCUT2D eigenvalue weighted by molar-refractivity contribution is -0.122. The maximum atomic E-state index is 12.7. The van der Waals surface area contributed by atoms with E-state index in [2.05, 4.69) is 5.32 Å². The molecule has 1 aromatic carbocycles. The molecule has 0 saturated heterocycles. The van der Waals surface area contributed by atoms with Crippen LogP contribution in [0.4, 0.5) is 0 Å². The van der Waals surface area contributed by atoms with Gasteiger partial charge in [-0.2, -0.15) is 0 Å². The molecule has 2 rings (SSSR count). The third kappa shape index (κ3) is 4.48. The lowest BCUT2D eigenvalue weighted by atomic mass is 9.75. The van der Waals surface area contributed by atoms with Crippen molar-refractivity contribution >= 4 is 34.9 Å². The van der Waals surface area contributed by atoms with Gasteiger partial charge in [0.1, 0.15) is 11.6 Å². The van der Waals surface area contributed by atoms with Crippen LogP contribution in [-0.2, 0) is 20.9 Å². The van der Waals surface area contributed by atoms with E-state index in [-0.39, 0.29) is 72.2 Å². The van der Waals surface area contributed by atoms with Gasteiger partial charge in [0.2, 0.25) is 5.91 Å². The van der Waals surface area contributed by atoms with E-state index in [0.717, 1.165) is 27.8 Å². The second-order valence-corrected chi connectivity index (χ2v) is 8.00. The molecule has 0 bridgehead atoms. The molecular weight excluding hydrogens is 406 g/mol. The first-order valence-electron chi connectivity index (χ1n) is 9.99. The maximum Gasteiger partial charge on any atom is 0.235 e. The summed E-state index contributed by atoms with van der Waals surface area (Å²) in [6.07, 6.45) is 0.389. The van der Waals surface area contributed by atoms with Gasteiger partial charge < -0.3 is 10.4 Å². The number of amides is 1. The SMILES string of the molecule is CCC(=O)C1=C(O)CC(c2c(C)c(CNC(=O)CCl)c(C)c(C(C)=O)c2C)CC1=O. The Balaban J connectivity index is 2.63. The third-order valence-electron chi connectivity index (χ3n) is 5.85. The predicted molar refractivity (Wildman–Crippen MR) is 115 cm³/mol. The van der Waals surface area contributed by atoms with Crippen LogP contribution in [0.25, 0.3) is 0 Å². The van der Waals surface area contributed by atoms with E-state index in [1.165, 1.54) is 6.92 Å². The molecule has 1 aliphatic rings. The van der Waals surface area contributed by atoms with Gasteiger partial charge in [0.25, 0.3) is 0 Å². The number of hydrogen-bond donors (Lipinski definition) is 2. The Morgan fingerprint density at radius 2 is 1.73 bits per heavy atom. The number of aliphatic hydroxyl groups excluding tert-OH is 1. The molecule has 2 N–H and O–H groups in total. The quantitative estimate of drug-likeness (QED) is 0.385. The summed E-state index contributed by atoms with van der Waals surface area (Å²) in [7, 11) is 0. The van der Waals surface area contributed by atoms with Crippen LogP contribution in [-0.4, -0.2) is 34.2 Å². The number of carbonyl (C=O) groups is 4. The number of ketones is 3. The Bertz CT molecular complexity index is 961. The van der Waals surface area contributed by atoms with Crippen molar-refractivity contribution < 1.29 is 24.3 Å². The average molecular weight is 434 g/mol. The van der Waals surface area contributed by atoms with E-state index in [1.54, 1.807) is 6.92 Å². The monoisotopic (exact) mass is 433 g/mol. The summed E-state index contributed by atoms with van der Waals surface area (Å²) in [4.78, 5) is 48.8. The number of benzene rings is 1. The minimum atomic E-state index is -0.378. The van der Waals surface area contributed by atoms with Gasteiger partial charge in [-0.25, -0.2) is 0 Å². The number of halogens is 1. The maximum absolute atomic E-state index is 12.7. The zero-order valence-electron chi connectivity index (χ0n) is 18.1. The molecule has 0 heterocycles. The van der Waals surface area contributed by atoms with Crippen molar-refractivity contribution in [3.8, 4) is 0 Å². The van der Waals surface area contributed by atoms with Gasteiger partial charge in [0, 0.05) is 31.4 Å². The minimum Gasteiger partial charge on any atom is -0.511 e. The molecule has 7 heteroatoms. The standard InChI is InChI=1S/C23H28ClNO5/c1-6-17(27)23-18(28)7-15(8-19(23)29)22-12(3)16(10-25-20(30)9-24)11(2)21(13(22)4)14(5)26/h15,28H,6-10H2,1-5H3,(H,25,30). The number of aliphatic hydroxyl groups is 1. The van der Waals surface area contributed by atoms with Gasteiger partial charge in [0.15, 0.2) is 17.3 Å². The number of rotatable bonds is 7. The number of allylic oxidation sites excluding steroid dienone is 2. The van der Waals surface area contributed by atoms with Crippen LogP contribution < -0.4 is 5.32 Å². The van der Waals surface area contributed by atoms with Gasteiger partial charge in [-0.1, -0.05) is 6.92 Å². The first-order chi connectivity index (χ1) is 14.0. The lowest BCUT2D eigenvalue weighted by Gasteiger charge is -2.29. The molecule has 0 spiro atoms. The van der Waals surface area contributed by atoms with Crippen molar-refractivity contribution in [3.05, 3.63) is 44.7 Å². The second kappa shape index (κ2) is 9.56. The molecule has 1 atom stereocenters. The normalized spacial score (nSPS) is 16.6. The number of Topliss-reactive ketones (excluding diaryl/α,β-unsaturated/α-hetero) is 3. The van der Waals surface area contributed by atoms with E-state index in [1.807, 2.05) is 20.8 Å². The molecular formula is C23H28ClNO5.